The Hall–Kier alpha value is -0.770. The summed E-state index contributed by atoms with van der Waals surface area (Å²) in [5, 5.41) is 3.23. The van der Waals surface area contributed by atoms with Crippen molar-refractivity contribution in [3.05, 3.63) is 0 Å². The van der Waals surface area contributed by atoms with Crippen molar-refractivity contribution in [1.82, 2.24) is 10.2 Å². The standard InChI is InChI=1S/C10H20N2O2/c1-4-12(3)10(13)14-9-7-11-6-5-8(9)2/h8-9,11H,4-7H2,1-3H3. The molecule has 1 aliphatic heterocycles. The maximum atomic E-state index is 11.5. The van der Waals surface area contributed by atoms with Gasteiger partial charge in [0.2, 0.25) is 0 Å². The van der Waals surface area contributed by atoms with E-state index in [-0.39, 0.29) is 12.2 Å². The Morgan fingerprint density at radius 3 is 2.93 bits per heavy atom. The van der Waals surface area contributed by atoms with Crippen molar-refractivity contribution < 1.29 is 9.53 Å². The van der Waals surface area contributed by atoms with E-state index in [9.17, 15) is 4.79 Å². The molecule has 82 valence electrons. The molecule has 0 saturated carbocycles. The Morgan fingerprint density at radius 2 is 2.36 bits per heavy atom. The van der Waals surface area contributed by atoms with Gasteiger partial charge in [-0.25, -0.2) is 4.79 Å². The van der Waals surface area contributed by atoms with E-state index < -0.39 is 0 Å². The van der Waals surface area contributed by atoms with E-state index in [4.69, 9.17) is 4.74 Å². The molecule has 2 unspecified atom stereocenters. The van der Waals surface area contributed by atoms with Gasteiger partial charge in [0.1, 0.15) is 6.10 Å². The molecule has 0 aliphatic carbocycles. The Labute approximate surface area is 85.6 Å². The van der Waals surface area contributed by atoms with E-state index in [1.165, 1.54) is 0 Å². The Morgan fingerprint density at radius 1 is 1.64 bits per heavy atom. The lowest BCUT2D eigenvalue weighted by Crippen LogP contribution is -2.44. The molecule has 0 aromatic carbocycles. The van der Waals surface area contributed by atoms with E-state index in [2.05, 4.69) is 12.2 Å². The third kappa shape index (κ3) is 2.87. The summed E-state index contributed by atoms with van der Waals surface area (Å²) in [6, 6.07) is 0. The van der Waals surface area contributed by atoms with Gasteiger partial charge >= 0.3 is 6.09 Å². The predicted octanol–water partition coefficient (Wildman–Crippen LogP) is 1.07. The van der Waals surface area contributed by atoms with Gasteiger partial charge in [0.05, 0.1) is 0 Å². The van der Waals surface area contributed by atoms with E-state index in [0.29, 0.717) is 12.5 Å². The second kappa shape index (κ2) is 5.20. The van der Waals surface area contributed by atoms with Gasteiger partial charge in [-0.3, -0.25) is 0 Å². The van der Waals surface area contributed by atoms with Crippen LogP contribution in [0.1, 0.15) is 20.3 Å². The highest BCUT2D eigenvalue weighted by Gasteiger charge is 2.25. The van der Waals surface area contributed by atoms with Gasteiger partial charge in [-0.1, -0.05) is 6.92 Å². The first kappa shape index (κ1) is 11.3. The fraction of sp³-hybridized carbons (Fsp3) is 0.900. The van der Waals surface area contributed by atoms with Crippen LogP contribution in [0.2, 0.25) is 0 Å². The molecule has 1 amide bonds. The third-order valence-electron chi connectivity index (χ3n) is 2.79. The molecule has 0 aromatic heterocycles. The number of carbonyl (C=O) groups is 1. The van der Waals surface area contributed by atoms with Gasteiger partial charge in [0.25, 0.3) is 0 Å². The number of ether oxygens (including phenoxy) is 1. The normalized spacial score (nSPS) is 27.1. The van der Waals surface area contributed by atoms with Crippen LogP contribution in [0.3, 0.4) is 0 Å². The average molecular weight is 200 g/mol. The Kier molecular flexibility index (Phi) is 4.20. The molecule has 14 heavy (non-hydrogen) atoms. The summed E-state index contributed by atoms with van der Waals surface area (Å²) in [5.74, 6) is 0.463. The zero-order valence-corrected chi connectivity index (χ0v) is 9.25. The molecule has 1 aliphatic rings. The molecular formula is C10H20N2O2. The van der Waals surface area contributed by atoms with Gasteiger partial charge in [0.15, 0.2) is 0 Å². The molecule has 0 aromatic rings. The van der Waals surface area contributed by atoms with Crippen LogP contribution in [-0.4, -0.2) is 43.8 Å². The Bertz CT molecular complexity index is 197. The number of nitrogens with one attached hydrogen (secondary N) is 1. The van der Waals surface area contributed by atoms with Crippen molar-refractivity contribution in [1.29, 1.82) is 0 Å². The van der Waals surface area contributed by atoms with Crippen LogP contribution in [0.15, 0.2) is 0 Å². The number of hydrogen-bond acceptors (Lipinski definition) is 3. The number of rotatable bonds is 2. The summed E-state index contributed by atoms with van der Waals surface area (Å²) in [6.45, 7) is 6.56. The van der Waals surface area contributed by atoms with Crippen molar-refractivity contribution in [2.24, 2.45) is 5.92 Å². The summed E-state index contributed by atoms with van der Waals surface area (Å²) < 4.78 is 5.38. The number of nitrogens with zero attached hydrogens (tertiary/aromatic N) is 1. The smallest absolute Gasteiger partial charge is 0.409 e. The second-order valence-corrected chi connectivity index (χ2v) is 3.91. The van der Waals surface area contributed by atoms with Crippen molar-refractivity contribution >= 4 is 6.09 Å². The summed E-state index contributed by atoms with van der Waals surface area (Å²) in [4.78, 5) is 13.0. The first-order valence-electron chi connectivity index (χ1n) is 5.27. The molecule has 2 atom stereocenters. The number of amides is 1. The minimum Gasteiger partial charge on any atom is -0.444 e. The van der Waals surface area contributed by atoms with Crippen LogP contribution in [0.25, 0.3) is 0 Å². The number of carbonyl (C=O) groups excluding carboxylic acids is 1. The first-order chi connectivity index (χ1) is 6.65. The van der Waals surface area contributed by atoms with E-state index in [1.807, 2.05) is 6.92 Å². The predicted molar refractivity (Wildman–Crippen MR) is 55.2 cm³/mol. The summed E-state index contributed by atoms with van der Waals surface area (Å²) in [5.41, 5.74) is 0. The lowest BCUT2D eigenvalue weighted by molar-refractivity contribution is 0.0326. The minimum atomic E-state index is -0.215. The zero-order chi connectivity index (χ0) is 10.6. The third-order valence-corrected chi connectivity index (χ3v) is 2.79. The highest BCUT2D eigenvalue weighted by molar-refractivity contribution is 5.67. The van der Waals surface area contributed by atoms with Crippen LogP contribution >= 0.6 is 0 Å². The van der Waals surface area contributed by atoms with Crippen molar-refractivity contribution in [3.8, 4) is 0 Å². The highest BCUT2D eigenvalue weighted by Crippen LogP contribution is 2.15. The van der Waals surface area contributed by atoms with Crippen molar-refractivity contribution in [2.75, 3.05) is 26.7 Å². The average Bonchev–Trinajstić information content (AvgIpc) is 2.20. The van der Waals surface area contributed by atoms with Gasteiger partial charge in [-0.2, -0.15) is 0 Å². The molecule has 0 spiro atoms. The molecule has 4 heteroatoms. The Balaban J connectivity index is 2.38. The number of hydrogen-bond donors (Lipinski definition) is 1. The van der Waals surface area contributed by atoms with Crippen LogP contribution in [0.5, 0.6) is 0 Å². The number of piperidine rings is 1. The quantitative estimate of drug-likeness (QED) is 0.725. The largest absolute Gasteiger partial charge is 0.444 e. The monoisotopic (exact) mass is 200 g/mol. The van der Waals surface area contributed by atoms with Crippen LogP contribution < -0.4 is 5.32 Å². The maximum Gasteiger partial charge on any atom is 0.409 e. The molecule has 0 bridgehead atoms. The van der Waals surface area contributed by atoms with Gasteiger partial charge < -0.3 is 15.0 Å². The fourth-order valence-electron chi connectivity index (χ4n) is 1.47. The van der Waals surface area contributed by atoms with Crippen LogP contribution in [0, 0.1) is 5.92 Å². The van der Waals surface area contributed by atoms with E-state index in [1.54, 1.807) is 11.9 Å². The molecule has 1 N–H and O–H groups in total. The maximum absolute atomic E-state index is 11.5. The molecule has 0 radical (unpaired) electrons. The molecule has 1 saturated heterocycles. The zero-order valence-electron chi connectivity index (χ0n) is 9.25. The van der Waals surface area contributed by atoms with Gasteiger partial charge in [-0.05, 0) is 25.8 Å². The SMILES string of the molecule is CCN(C)C(=O)OC1CNCCC1C. The summed E-state index contributed by atoms with van der Waals surface area (Å²) >= 11 is 0. The van der Waals surface area contributed by atoms with Crippen LogP contribution in [-0.2, 0) is 4.74 Å². The highest BCUT2D eigenvalue weighted by atomic mass is 16.6. The van der Waals surface area contributed by atoms with Gasteiger partial charge in [0, 0.05) is 20.1 Å². The van der Waals surface area contributed by atoms with Crippen LogP contribution in [0.4, 0.5) is 4.79 Å². The van der Waals surface area contributed by atoms with E-state index in [0.717, 1.165) is 19.5 Å². The molecule has 1 fully saturated rings. The second-order valence-electron chi connectivity index (χ2n) is 3.91. The lowest BCUT2D eigenvalue weighted by atomic mass is 9.97. The fourth-order valence-corrected chi connectivity index (χ4v) is 1.47. The lowest BCUT2D eigenvalue weighted by Gasteiger charge is -2.30. The molecular weight excluding hydrogens is 180 g/mol. The minimum absolute atomic E-state index is 0.0326. The molecule has 4 nitrogen and oxygen atoms in total. The topological polar surface area (TPSA) is 41.6 Å². The first-order valence-corrected chi connectivity index (χ1v) is 5.27. The molecule has 1 heterocycles. The molecule has 1 rings (SSSR count). The van der Waals surface area contributed by atoms with Gasteiger partial charge in [-0.15, -0.1) is 0 Å². The van der Waals surface area contributed by atoms with Crippen molar-refractivity contribution in [3.63, 3.8) is 0 Å². The summed E-state index contributed by atoms with van der Waals surface area (Å²) in [6.07, 6.45) is 0.895. The van der Waals surface area contributed by atoms with Crippen molar-refractivity contribution in [2.45, 2.75) is 26.4 Å². The summed E-state index contributed by atoms with van der Waals surface area (Å²) in [7, 11) is 1.75. The van der Waals surface area contributed by atoms with E-state index >= 15 is 0 Å².